The maximum atomic E-state index is 12.9. The molecule has 7 nitrogen and oxygen atoms in total. The van der Waals surface area contributed by atoms with E-state index in [0.717, 1.165) is 17.9 Å². The standard InChI is InChI=1S/C23H26N2O5S/c1-3-14-29-17-8-10-18(11-9-17)30-15-16-31-23-24-20-7-5-4-6-19(20)22(27)25(23)13-12-21(26)28-2/h4-11H,3,12-16H2,1-2H3. The Morgan fingerprint density at radius 2 is 1.71 bits per heavy atom. The van der Waals surface area contributed by atoms with Gasteiger partial charge < -0.3 is 14.2 Å². The molecule has 0 aliphatic rings. The van der Waals surface area contributed by atoms with Crippen LogP contribution in [0.25, 0.3) is 10.9 Å². The number of rotatable bonds is 11. The van der Waals surface area contributed by atoms with Crippen molar-refractivity contribution in [2.45, 2.75) is 31.5 Å². The molecule has 3 aromatic rings. The lowest BCUT2D eigenvalue weighted by atomic mass is 10.2. The minimum Gasteiger partial charge on any atom is -0.494 e. The van der Waals surface area contributed by atoms with Crippen LogP contribution in [0.5, 0.6) is 11.5 Å². The minimum absolute atomic E-state index is 0.104. The molecule has 0 amide bonds. The Balaban J connectivity index is 1.65. The fourth-order valence-electron chi connectivity index (χ4n) is 2.90. The molecule has 2 aromatic carbocycles. The van der Waals surface area contributed by atoms with Gasteiger partial charge in [-0.15, -0.1) is 0 Å². The Morgan fingerprint density at radius 3 is 2.39 bits per heavy atom. The molecule has 0 fully saturated rings. The topological polar surface area (TPSA) is 79.7 Å². The molecule has 0 aliphatic carbocycles. The number of esters is 1. The van der Waals surface area contributed by atoms with Crippen molar-refractivity contribution < 1.29 is 19.0 Å². The fourth-order valence-corrected chi connectivity index (χ4v) is 3.75. The summed E-state index contributed by atoms with van der Waals surface area (Å²) >= 11 is 1.42. The van der Waals surface area contributed by atoms with Crippen LogP contribution in [0.4, 0.5) is 0 Å². The summed E-state index contributed by atoms with van der Waals surface area (Å²) < 4.78 is 17.6. The van der Waals surface area contributed by atoms with Gasteiger partial charge in [0.2, 0.25) is 0 Å². The lowest BCUT2D eigenvalue weighted by molar-refractivity contribution is -0.140. The predicted molar refractivity (Wildman–Crippen MR) is 121 cm³/mol. The molecule has 164 valence electrons. The van der Waals surface area contributed by atoms with Crippen molar-refractivity contribution in [1.82, 2.24) is 9.55 Å². The van der Waals surface area contributed by atoms with E-state index >= 15 is 0 Å². The first-order valence-electron chi connectivity index (χ1n) is 10.2. The summed E-state index contributed by atoms with van der Waals surface area (Å²) in [7, 11) is 1.33. The van der Waals surface area contributed by atoms with Gasteiger partial charge in [0.05, 0.1) is 37.6 Å². The molecule has 31 heavy (non-hydrogen) atoms. The Hall–Kier alpha value is -3.00. The number of ether oxygens (including phenoxy) is 3. The average molecular weight is 443 g/mol. The molecule has 0 saturated heterocycles. The minimum atomic E-state index is -0.370. The molecule has 3 rings (SSSR count). The molecule has 0 bridgehead atoms. The van der Waals surface area contributed by atoms with E-state index in [1.165, 1.54) is 23.4 Å². The van der Waals surface area contributed by atoms with Gasteiger partial charge in [0.15, 0.2) is 5.16 Å². The molecule has 0 saturated carbocycles. The van der Waals surface area contributed by atoms with Gasteiger partial charge in [-0.2, -0.15) is 0 Å². The van der Waals surface area contributed by atoms with Crippen LogP contribution in [0.1, 0.15) is 19.8 Å². The number of fused-ring (bicyclic) bond motifs is 1. The average Bonchev–Trinajstić information content (AvgIpc) is 2.80. The van der Waals surface area contributed by atoms with Crippen molar-refractivity contribution in [3.63, 3.8) is 0 Å². The van der Waals surface area contributed by atoms with Crippen molar-refractivity contribution in [1.29, 1.82) is 0 Å². The van der Waals surface area contributed by atoms with Crippen LogP contribution in [0.3, 0.4) is 0 Å². The predicted octanol–water partition coefficient (Wildman–Crippen LogP) is 3.92. The summed E-state index contributed by atoms with van der Waals surface area (Å²) in [6, 6.07) is 14.7. The molecule has 0 atom stereocenters. The lowest BCUT2D eigenvalue weighted by Gasteiger charge is -2.13. The summed E-state index contributed by atoms with van der Waals surface area (Å²) in [4.78, 5) is 29.1. The normalized spacial score (nSPS) is 10.8. The second-order valence-electron chi connectivity index (χ2n) is 6.71. The highest BCUT2D eigenvalue weighted by atomic mass is 32.2. The molecule has 0 unspecified atom stereocenters. The largest absolute Gasteiger partial charge is 0.494 e. The van der Waals surface area contributed by atoms with E-state index in [-0.39, 0.29) is 24.5 Å². The van der Waals surface area contributed by atoms with Gasteiger partial charge in [0.25, 0.3) is 5.56 Å². The number of hydrogen-bond acceptors (Lipinski definition) is 7. The van der Waals surface area contributed by atoms with Gasteiger partial charge >= 0.3 is 5.97 Å². The number of hydrogen-bond donors (Lipinski definition) is 0. The van der Waals surface area contributed by atoms with Crippen molar-refractivity contribution in [2.75, 3.05) is 26.1 Å². The van der Waals surface area contributed by atoms with Gasteiger partial charge in [0.1, 0.15) is 11.5 Å². The third kappa shape index (κ3) is 6.24. The van der Waals surface area contributed by atoms with Crippen LogP contribution in [0.2, 0.25) is 0 Å². The van der Waals surface area contributed by atoms with Gasteiger partial charge in [-0.1, -0.05) is 30.8 Å². The van der Waals surface area contributed by atoms with E-state index < -0.39 is 0 Å². The summed E-state index contributed by atoms with van der Waals surface area (Å²) in [5, 5.41) is 1.08. The van der Waals surface area contributed by atoms with E-state index in [0.29, 0.717) is 35.0 Å². The lowest BCUT2D eigenvalue weighted by Crippen LogP contribution is -2.25. The van der Waals surface area contributed by atoms with E-state index in [4.69, 9.17) is 14.2 Å². The maximum Gasteiger partial charge on any atom is 0.307 e. The van der Waals surface area contributed by atoms with Crippen LogP contribution in [-0.4, -0.2) is 41.6 Å². The zero-order valence-corrected chi connectivity index (χ0v) is 18.5. The zero-order valence-electron chi connectivity index (χ0n) is 17.7. The number of nitrogens with zero attached hydrogens (tertiary/aromatic N) is 2. The number of carbonyl (C=O) groups is 1. The molecule has 0 aliphatic heterocycles. The fraction of sp³-hybridized carbons (Fsp3) is 0.348. The first-order chi connectivity index (χ1) is 15.1. The van der Waals surface area contributed by atoms with Crippen molar-refractivity contribution in [3.05, 3.63) is 58.9 Å². The first-order valence-corrected chi connectivity index (χ1v) is 11.2. The van der Waals surface area contributed by atoms with Crippen LogP contribution in [-0.2, 0) is 16.1 Å². The second-order valence-corrected chi connectivity index (χ2v) is 7.77. The number of aromatic nitrogens is 2. The molecular formula is C23H26N2O5S. The van der Waals surface area contributed by atoms with Gasteiger partial charge in [-0.25, -0.2) is 4.98 Å². The number of benzene rings is 2. The third-order valence-corrected chi connectivity index (χ3v) is 5.41. The van der Waals surface area contributed by atoms with Crippen molar-refractivity contribution in [2.24, 2.45) is 0 Å². The van der Waals surface area contributed by atoms with E-state index in [9.17, 15) is 9.59 Å². The van der Waals surface area contributed by atoms with E-state index in [2.05, 4.69) is 11.9 Å². The SMILES string of the molecule is CCCOc1ccc(OCCSc2nc3ccccc3c(=O)n2CCC(=O)OC)cc1. The van der Waals surface area contributed by atoms with Crippen LogP contribution in [0, 0.1) is 0 Å². The molecule has 1 heterocycles. The van der Waals surface area contributed by atoms with Gasteiger partial charge in [0, 0.05) is 12.3 Å². The highest BCUT2D eigenvalue weighted by Crippen LogP contribution is 2.20. The number of carbonyl (C=O) groups excluding carboxylic acids is 1. The van der Waals surface area contributed by atoms with Gasteiger partial charge in [-0.3, -0.25) is 14.2 Å². The quantitative estimate of drug-likeness (QED) is 0.193. The summed E-state index contributed by atoms with van der Waals surface area (Å²) in [6.07, 6.45) is 1.07. The van der Waals surface area contributed by atoms with Crippen LogP contribution in [0.15, 0.2) is 58.5 Å². The molecule has 0 radical (unpaired) electrons. The Bertz CT molecular complexity index is 1070. The Morgan fingerprint density at radius 1 is 1.03 bits per heavy atom. The van der Waals surface area contributed by atoms with Gasteiger partial charge in [-0.05, 0) is 42.8 Å². The van der Waals surface area contributed by atoms with Crippen LogP contribution < -0.4 is 15.0 Å². The smallest absolute Gasteiger partial charge is 0.307 e. The maximum absolute atomic E-state index is 12.9. The molecule has 0 spiro atoms. The molecule has 1 aromatic heterocycles. The van der Waals surface area contributed by atoms with E-state index in [1.807, 2.05) is 36.4 Å². The third-order valence-electron chi connectivity index (χ3n) is 4.47. The first kappa shape index (κ1) is 22.7. The molecule has 0 N–H and O–H groups in total. The number of thioether (sulfide) groups is 1. The zero-order chi connectivity index (χ0) is 22.1. The highest BCUT2D eigenvalue weighted by molar-refractivity contribution is 7.99. The summed E-state index contributed by atoms with van der Waals surface area (Å²) in [5.41, 5.74) is 0.466. The molecular weight excluding hydrogens is 416 g/mol. The van der Waals surface area contributed by atoms with Crippen molar-refractivity contribution >= 4 is 28.6 Å². The van der Waals surface area contributed by atoms with Crippen molar-refractivity contribution in [3.8, 4) is 11.5 Å². The second kappa shape index (κ2) is 11.4. The monoisotopic (exact) mass is 442 g/mol. The molecule has 8 heteroatoms. The number of para-hydroxylation sites is 1. The van der Waals surface area contributed by atoms with E-state index in [1.54, 1.807) is 12.1 Å². The number of methoxy groups -OCH3 is 1. The Labute approximate surface area is 185 Å². The summed E-state index contributed by atoms with van der Waals surface area (Å²) in [6.45, 7) is 3.41. The highest BCUT2D eigenvalue weighted by Gasteiger charge is 2.13. The Kier molecular flexibility index (Phi) is 8.35. The summed E-state index contributed by atoms with van der Waals surface area (Å²) in [5.74, 6) is 1.79. The van der Waals surface area contributed by atoms with Crippen LogP contribution >= 0.6 is 11.8 Å².